The van der Waals surface area contributed by atoms with Crippen LogP contribution in [-0.4, -0.2) is 29.1 Å². The molecule has 1 aromatic rings. The highest BCUT2D eigenvalue weighted by Gasteiger charge is 2.49. The van der Waals surface area contributed by atoms with Gasteiger partial charge in [-0.05, 0) is 24.8 Å². The molecule has 0 radical (unpaired) electrons. The highest BCUT2D eigenvalue weighted by Crippen LogP contribution is 2.45. The van der Waals surface area contributed by atoms with E-state index in [0.717, 1.165) is 24.2 Å². The van der Waals surface area contributed by atoms with Crippen molar-refractivity contribution in [2.45, 2.75) is 82.5 Å². The highest BCUT2D eigenvalue weighted by molar-refractivity contribution is 5.70. The Balaban J connectivity index is 1.61. The van der Waals surface area contributed by atoms with E-state index in [1.807, 2.05) is 12.1 Å². The first kappa shape index (κ1) is 19.6. The lowest BCUT2D eigenvalue weighted by molar-refractivity contribution is -0.702. The third-order valence-electron chi connectivity index (χ3n) is 6.38. The molecule has 0 bridgehead atoms. The molecule has 0 aromatic carbocycles. The van der Waals surface area contributed by atoms with Gasteiger partial charge in [-0.3, -0.25) is 0 Å². The molecule has 4 heterocycles. The number of carbonyl (C=O) groups is 1. The first-order valence-corrected chi connectivity index (χ1v) is 10.2. The molecular formula is C22H29NO5. The molecule has 0 aliphatic carbocycles. The van der Waals surface area contributed by atoms with Gasteiger partial charge in [0.25, 0.3) is 0 Å². The third-order valence-corrected chi connectivity index (χ3v) is 6.38. The molecule has 6 nitrogen and oxygen atoms in total. The SMILES string of the molecule is C=C1C[C@H](C(=O)[O-])O[C@@]2(C1)C[C@@H](C)C[C@H]([C@@H](O)c1cccc3[n+]1CC[C@@H]3C)O2. The molecule has 3 aliphatic rings. The van der Waals surface area contributed by atoms with Crippen LogP contribution in [0.25, 0.3) is 0 Å². The van der Waals surface area contributed by atoms with Gasteiger partial charge in [0.15, 0.2) is 17.6 Å². The summed E-state index contributed by atoms with van der Waals surface area (Å²) in [4.78, 5) is 11.4. The smallest absolute Gasteiger partial charge is 0.213 e. The Kier molecular flexibility index (Phi) is 5.06. The number of hydrogen-bond acceptors (Lipinski definition) is 5. The second-order valence-corrected chi connectivity index (χ2v) is 8.83. The van der Waals surface area contributed by atoms with Crippen molar-refractivity contribution >= 4 is 5.97 Å². The third kappa shape index (κ3) is 3.49. The van der Waals surface area contributed by atoms with Gasteiger partial charge in [0.2, 0.25) is 5.69 Å². The van der Waals surface area contributed by atoms with Crippen LogP contribution in [0.15, 0.2) is 30.4 Å². The minimum absolute atomic E-state index is 0.224. The summed E-state index contributed by atoms with van der Waals surface area (Å²) in [6, 6.07) is 6.05. The lowest BCUT2D eigenvalue weighted by Gasteiger charge is -2.49. The van der Waals surface area contributed by atoms with Gasteiger partial charge in [0.1, 0.15) is 12.6 Å². The number of carbonyl (C=O) groups excluding carboxylic acids is 1. The van der Waals surface area contributed by atoms with E-state index in [0.29, 0.717) is 25.2 Å². The Hall–Kier alpha value is -1.76. The van der Waals surface area contributed by atoms with Crippen molar-refractivity contribution in [3.05, 3.63) is 41.7 Å². The number of ether oxygens (including phenoxy) is 2. The molecule has 4 rings (SSSR count). The Morgan fingerprint density at radius 2 is 2.18 bits per heavy atom. The largest absolute Gasteiger partial charge is 0.547 e. The number of rotatable bonds is 3. The first-order chi connectivity index (χ1) is 13.3. The molecule has 3 aliphatic heterocycles. The lowest BCUT2D eigenvalue weighted by Crippen LogP contribution is -2.55. The van der Waals surface area contributed by atoms with Crippen molar-refractivity contribution in [1.29, 1.82) is 0 Å². The zero-order chi connectivity index (χ0) is 20.1. The predicted octanol–water partition coefficient (Wildman–Crippen LogP) is 1.51. The first-order valence-electron chi connectivity index (χ1n) is 10.2. The molecule has 6 atom stereocenters. The van der Waals surface area contributed by atoms with E-state index in [1.54, 1.807) is 0 Å². The Morgan fingerprint density at radius 1 is 1.39 bits per heavy atom. The number of aromatic nitrogens is 1. The van der Waals surface area contributed by atoms with E-state index in [9.17, 15) is 15.0 Å². The van der Waals surface area contributed by atoms with E-state index in [1.165, 1.54) is 5.69 Å². The molecule has 28 heavy (non-hydrogen) atoms. The fraction of sp³-hybridized carbons (Fsp3) is 0.636. The fourth-order valence-corrected chi connectivity index (χ4v) is 5.14. The van der Waals surface area contributed by atoms with Crippen LogP contribution in [0.2, 0.25) is 0 Å². The van der Waals surface area contributed by atoms with Crippen molar-refractivity contribution in [2.75, 3.05) is 0 Å². The number of hydrogen-bond donors (Lipinski definition) is 1. The molecule has 152 valence electrons. The summed E-state index contributed by atoms with van der Waals surface area (Å²) in [6.45, 7) is 9.16. The predicted molar refractivity (Wildman–Crippen MR) is 98.9 cm³/mol. The van der Waals surface area contributed by atoms with Gasteiger partial charge in [-0.1, -0.05) is 26.0 Å². The number of carboxylic acids is 1. The molecule has 0 saturated carbocycles. The van der Waals surface area contributed by atoms with Crippen molar-refractivity contribution in [3.8, 4) is 0 Å². The van der Waals surface area contributed by atoms with Crippen molar-refractivity contribution in [2.24, 2.45) is 5.92 Å². The average molecular weight is 387 g/mol. The minimum Gasteiger partial charge on any atom is -0.547 e. The minimum atomic E-state index is -1.25. The number of aliphatic hydroxyl groups excluding tert-OH is 1. The van der Waals surface area contributed by atoms with Crippen LogP contribution >= 0.6 is 0 Å². The fourth-order valence-electron chi connectivity index (χ4n) is 5.14. The van der Waals surface area contributed by atoms with Crippen LogP contribution in [0.3, 0.4) is 0 Å². The Morgan fingerprint density at radius 3 is 2.93 bits per heavy atom. The summed E-state index contributed by atoms with van der Waals surface area (Å²) in [5.41, 5.74) is 2.86. The summed E-state index contributed by atoms with van der Waals surface area (Å²) in [5, 5.41) is 22.6. The van der Waals surface area contributed by atoms with E-state index in [4.69, 9.17) is 9.47 Å². The molecular weight excluding hydrogens is 358 g/mol. The summed E-state index contributed by atoms with van der Waals surface area (Å²) in [6.07, 6.45) is 0.699. The van der Waals surface area contributed by atoms with Crippen LogP contribution in [-0.2, 0) is 20.8 Å². The Bertz CT molecular complexity index is 793. The van der Waals surface area contributed by atoms with Gasteiger partial charge < -0.3 is 24.5 Å². The maximum atomic E-state index is 11.4. The normalized spacial score (nSPS) is 36.3. The number of aliphatic hydroxyl groups is 1. The number of pyridine rings is 1. The maximum Gasteiger partial charge on any atom is 0.213 e. The molecule has 6 heteroatoms. The molecule has 1 aromatic heterocycles. The maximum absolute atomic E-state index is 11.4. The quantitative estimate of drug-likeness (QED) is 0.628. The molecule has 1 N–H and O–H groups in total. The average Bonchev–Trinajstić information content (AvgIpc) is 3.01. The van der Waals surface area contributed by atoms with Gasteiger partial charge in [-0.2, -0.15) is 4.57 Å². The molecule has 1 spiro atoms. The van der Waals surface area contributed by atoms with Gasteiger partial charge in [-0.15, -0.1) is 0 Å². The highest BCUT2D eigenvalue weighted by atomic mass is 16.7. The summed E-state index contributed by atoms with van der Waals surface area (Å²) in [7, 11) is 0. The molecule has 0 unspecified atom stereocenters. The van der Waals surface area contributed by atoms with E-state index in [-0.39, 0.29) is 12.3 Å². The Labute approximate surface area is 165 Å². The van der Waals surface area contributed by atoms with E-state index < -0.39 is 30.1 Å². The van der Waals surface area contributed by atoms with E-state index >= 15 is 0 Å². The second kappa shape index (κ2) is 7.25. The van der Waals surface area contributed by atoms with E-state index in [2.05, 4.69) is 31.1 Å². The summed E-state index contributed by atoms with van der Waals surface area (Å²) >= 11 is 0. The number of aliphatic carboxylic acids is 1. The topological polar surface area (TPSA) is 82.7 Å². The van der Waals surface area contributed by atoms with Crippen molar-refractivity contribution < 1.29 is 29.0 Å². The van der Waals surface area contributed by atoms with Crippen LogP contribution < -0.4 is 9.67 Å². The van der Waals surface area contributed by atoms with Crippen LogP contribution in [0.1, 0.15) is 69.4 Å². The lowest BCUT2D eigenvalue weighted by atomic mass is 9.83. The molecule has 2 fully saturated rings. The summed E-state index contributed by atoms with van der Waals surface area (Å²) < 4.78 is 14.4. The van der Waals surface area contributed by atoms with Crippen LogP contribution in [0, 0.1) is 5.92 Å². The van der Waals surface area contributed by atoms with Gasteiger partial charge in [0.05, 0.1) is 12.1 Å². The monoisotopic (exact) mass is 387 g/mol. The van der Waals surface area contributed by atoms with Gasteiger partial charge in [-0.25, -0.2) is 0 Å². The zero-order valence-corrected chi connectivity index (χ0v) is 16.6. The standard InChI is InChI=1S/C22H29NO5/c1-13-9-18(20(24)17-6-4-5-16-15(3)7-8-23(16)17)27-22(11-13)12-14(2)10-19(28-22)21(25)26/h4-6,13,15,18-20,24H,2,7-12H2,1,3H3/t13-,15-,18+,19+,20-,22+/m0/s1. The zero-order valence-electron chi connectivity index (χ0n) is 16.6. The second-order valence-electron chi connectivity index (χ2n) is 8.83. The van der Waals surface area contributed by atoms with Crippen molar-refractivity contribution in [1.82, 2.24) is 0 Å². The van der Waals surface area contributed by atoms with Crippen LogP contribution in [0.4, 0.5) is 0 Å². The number of fused-ring (bicyclic) bond motifs is 1. The molecule has 2 saturated heterocycles. The number of carboxylic acid groups (broad SMARTS) is 1. The molecule has 0 amide bonds. The van der Waals surface area contributed by atoms with Gasteiger partial charge >= 0.3 is 0 Å². The number of nitrogens with zero attached hydrogens (tertiary/aromatic N) is 1. The van der Waals surface area contributed by atoms with Crippen molar-refractivity contribution in [3.63, 3.8) is 0 Å². The van der Waals surface area contributed by atoms with Crippen LogP contribution in [0.5, 0.6) is 0 Å². The van der Waals surface area contributed by atoms with Gasteiger partial charge in [0, 0.05) is 37.3 Å². The summed E-state index contributed by atoms with van der Waals surface area (Å²) in [5.74, 6) is -1.61.